The lowest BCUT2D eigenvalue weighted by Gasteiger charge is -2.12. The van der Waals surface area contributed by atoms with Crippen molar-refractivity contribution >= 4 is 5.97 Å². The van der Waals surface area contributed by atoms with Crippen LogP contribution in [0, 0.1) is 5.92 Å². The predicted molar refractivity (Wildman–Crippen MR) is 44.7 cm³/mol. The molecule has 0 amide bonds. The van der Waals surface area contributed by atoms with E-state index in [0.29, 0.717) is 5.92 Å². The lowest BCUT2D eigenvalue weighted by Crippen LogP contribution is -2.25. The van der Waals surface area contributed by atoms with Crippen LogP contribution in [0.4, 0.5) is 0 Å². The summed E-state index contributed by atoms with van der Waals surface area (Å²) in [6.07, 6.45) is 0.682. The van der Waals surface area contributed by atoms with Crippen LogP contribution in [-0.2, 0) is 14.3 Å². The van der Waals surface area contributed by atoms with Gasteiger partial charge in [0.05, 0.1) is 7.11 Å². The molecule has 1 heterocycles. The van der Waals surface area contributed by atoms with E-state index in [9.17, 15) is 4.79 Å². The molecule has 1 saturated heterocycles. The molecule has 0 N–H and O–H groups in total. The Hall–Kier alpha value is -0.570. The van der Waals surface area contributed by atoms with E-state index in [2.05, 4.69) is 18.6 Å². The van der Waals surface area contributed by atoms with Crippen LogP contribution in [0.5, 0.6) is 0 Å². The molecule has 12 heavy (non-hydrogen) atoms. The highest BCUT2D eigenvalue weighted by Gasteiger charge is 2.60. The number of esters is 1. The summed E-state index contributed by atoms with van der Waals surface area (Å²) in [7, 11) is 1.39. The summed E-state index contributed by atoms with van der Waals surface area (Å²) < 4.78 is 9.94. The number of ether oxygens (including phenoxy) is 2. The van der Waals surface area contributed by atoms with Crippen LogP contribution in [0.15, 0.2) is 0 Å². The molecule has 0 radical (unpaired) electrons. The summed E-state index contributed by atoms with van der Waals surface area (Å²) >= 11 is 0. The standard InChI is InChI=1S/C9H16O3/c1-5-6(2)9(3)7(12-9)8(10)11-4/h6-7H,5H2,1-4H3. The Kier molecular flexibility index (Phi) is 2.42. The first-order chi connectivity index (χ1) is 5.56. The summed E-state index contributed by atoms with van der Waals surface area (Å²) in [5.74, 6) is 0.152. The summed E-state index contributed by atoms with van der Waals surface area (Å²) in [6.45, 7) is 6.14. The van der Waals surface area contributed by atoms with Crippen LogP contribution >= 0.6 is 0 Å². The van der Waals surface area contributed by atoms with Gasteiger partial charge in [0.2, 0.25) is 0 Å². The molecule has 0 aromatic heterocycles. The van der Waals surface area contributed by atoms with E-state index >= 15 is 0 Å². The molecule has 1 aliphatic rings. The van der Waals surface area contributed by atoms with E-state index in [0.717, 1.165) is 6.42 Å². The van der Waals surface area contributed by atoms with Gasteiger partial charge in [-0.2, -0.15) is 0 Å². The highest BCUT2D eigenvalue weighted by molar-refractivity contribution is 5.79. The van der Waals surface area contributed by atoms with Crippen molar-refractivity contribution in [3.63, 3.8) is 0 Å². The summed E-state index contributed by atoms with van der Waals surface area (Å²) in [5.41, 5.74) is -0.276. The van der Waals surface area contributed by atoms with Gasteiger partial charge in [0.1, 0.15) is 5.60 Å². The zero-order valence-corrected chi connectivity index (χ0v) is 8.09. The zero-order chi connectivity index (χ0) is 9.35. The molecule has 3 atom stereocenters. The van der Waals surface area contributed by atoms with Crippen LogP contribution in [-0.4, -0.2) is 24.8 Å². The first kappa shape index (κ1) is 9.52. The fraction of sp³-hybridized carbons (Fsp3) is 0.889. The maximum Gasteiger partial charge on any atom is 0.338 e. The molecule has 0 aromatic carbocycles. The van der Waals surface area contributed by atoms with Gasteiger partial charge in [0.25, 0.3) is 0 Å². The van der Waals surface area contributed by atoms with Crippen molar-refractivity contribution < 1.29 is 14.3 Å². The van der Waals surface area contributed by atoms with Crippen molar-refractivity contribution in [3.05, 3.63) is 0 Å². The minimum atomic E-state index is -0.336. The molecule has 0 aliphatic carbocycles. The van der Waals surface area contributed by atoms with Crippen molar-refractivity contribution in [1.82, 2.24) is 0 Å². The third-order valence-corrected chi connectivity index (χ3v) is 2.84. The Morgan fingerprint density at radius 2 is 2.33 bits per heavy atom. The van der Waals surface area contributed by atoms with Gasteiger partial charge in [0.15, 0.2) is 6.10 Å². The van der Waals surface area contributed by atoms with Crippen LogP contribution in [0.3, 0.4) is 0 Å². The SMILES string of the molecule is CCC(C)C1(C)OC1C(=O)OC. The molecule has 3 heteroatoms. The molecule has 70 valence electrons. The van der Waals surface area contributed by atoms with Crippen LogP contribution in [0.1, 0.15) is 27.2 Å². The smallest absolute Gasteiger partial charge is 0.338 e. The van der Waals surface area contributed by atoms with E-state index in [-0.39, 0.29) is 17.7 Å². The first-order valence-corrected chi connectivity index (χ1v) is 4.32. The van der Waals surface area contributed by atoms with Gasteiger partial charge in [-0.05, 0) is 12.8 Å². The molecule has 3 unspecified atom stereocenters. The van der Waals surface area contributed by atoms with Crippen molar-refractivity contribution in [2.45, 2.75) is 38.9 Å². The number of carbonyl (C=O) groups excluding carboxylic acids is 1. The van der Waals surface area contributed by atoms with Crippen LogP contribution in [0.2, 0.25) is 0 Å². The molecule has 0 bridgehead atoms. The Morgan fingerprint density at radius 1 is 1.75 bits per heavy atom. The normalized spacial score (nSPS) is 35.8. The summed E-state index contributed by atoms with van der Waals surface area (Å²) in [4.78, 5) is 11.1. The van der Waals surface area contributed by atoms with E-state index in [1.54, 1.807) is 0 Å². The Labute approximate surface area is 73.0 Å². The number of hydrogen-bond donors (Lipinski definition) is 0. The zero-order valence-electron chi connectivity index (χ0n) is 8.09. The third kappa shape index (κ3) is 1.33. The van der Waals surface area contributed by atoms with Gasteiger partial charge in [0, 0.05) is 0 Å². The first-order valence-electron chi connectivity index (χ1n) is 4.32. The molecular formula is C9H16O3. The second-order valence-electron chi connectivity index (χ2n) is 3.51. The van der Waals surface area contributed by atoms with Gasteiger partial charge >= 0.3 is 5.97 Å². The second kappa shape index (κ2) is 3.05. The highest BCUT2D eigenvalue weighted by Crippen LogP contribution is 2.44. The van der Waals surface area contributed by atoms with Crippen molar-refractivity contribution in [2.24, 2.45) is 5.92 Å². The molecule has 0 saturated carbocycles. The highest BCUT2D eigenvalue weighted by atomic mass is 16.7. The molecule has 1 fully saturated rings. The minimum absolute atomic E-state index is 0.252. The van der Waals surface area contributed by atoms with Gasteiger partial charge in [-0.15, -0.1) is 0 Å². The Morgan fingerprint density at radius 3 is 2.75 bits per heavy atom. The molecular weight excluding hydrogens is 156 g/mol. The number of methoxy groups -OCH3 is 1. The molecule has 1 rings (SSSR count). The van der Waals surface area contributed by atoms with E-state index in [4.69, 9.17) is 4.74 Å². The third-order valence-electron chi connectivity index (χ3n) is 2.84. The number of carbonyl (C=O) groups is 1. The average Bonchev–Trinajstić information content (AvgIpc) is 2.76. The largest absolute Gasteiger partial charge is 0.467 e. The minimum Gasteiger partial charge on any atom is -0.467 e. The Balaban J connectivity index is 2.53. The maximum atomic E-state index is 11.1. The number of epoxide rings is 1. The van der Waals surface area contributed by atoms with Crippen molar-refractivity contribution in [2.75, 3.05) is 7.11 Å². The average molecular weight is 172 g/mol. The number of rotatable bonds is 3. The fourth-order valence-electron chi connectivity index (χ4n) is 1.39. The van der Waals surface area contributed by atoms with Crippen molar-refractivity contribution in [1.29, 1.82) is 0 Å². The van der Waals surface area contributed by atoms with Crippen LogP contribution < -0.4 is 0 Å². The van der Waals surface area contributed by atoms with E-state index < -0.39 is 0 Å². The topological polar surface area (TPSA) is 38.8 Å². The lowest BCUT2D eigenvalue weighted by molar-refractivity contribution is -0.142. The summed E-state index contributed by atoms with van der Waals surface area (Å²) in [5, 5.41) is 0. The number of hydrogen-bond acceptors (Lipinski definition) is 3. The molecule has 0 aromatic rings. The molecule has 3 nitrogen and oxygen atoms in total. The second-order valence-corrected chi connectivity index (χ2v) is 3.51. The molecule has 0 spiro atoms. The lowest BCUT2D eigenvalue weighted by atomic mass is 9.90. The Bertz CT molecular complexity index is 190. The van der Waals surface area contributed by atoms with Gasteiger partial charge < -0.3 is 9.47 Å². The maximum absolute atomic E-state index is 11.1. The quantitative estimate of drug-likeness (QED) is 0.476. The predicted octanol–water partition coefficient (Wildman–Crippen LogP) is 1.36. The molecule has 1 aliphatic heterocycles. The van der Waals surface area contributed by atoms with Crippen LogP contribution in [0.25, 0.3) is 0 Å². The van der Waals surface area contributed by atoms with Gasteiger partial charge in [-0.1, -0.05) is 20.3 Å². The fourth-order valence-corrected chi connectivity index (χ4v) is 1.39. The summed E-state index contributed by atoms with van der Waals surface area (Å²) in [6, 6.07) is 0. The van der Waals surface area contributed by atoms with Gasteiger partial charge in [-0.3, -0.25) is 0 Å². The van der Waals surface area contributed by atoms with Gasteiger partial charge in [-0.25, -0.2) is 4.79 Å². The van der Waals surface area contributed by atoms with E-state index in [1.807, 2.05) is 6.92 Å². The van der Waals surface area contributed by atoms with E-state index in [1.165, 1.54) is 7.11 Å². The van der Waals surface area contributed by atoms with Crippen molar-refractivity contribution in [3.8, 4) is 0 Å². The monoisotopic (exact) mass is 172 g/mol.